The molecule has 4 aliphatic rings. The average molecular weight is 1080 g/mol. The van der Waals surface area contributed by atoms with E-state index in [-0.39, 0.29) is 110 Å². The lowest BCUT2D eigenvalue weighted by molar-refractivity contribution is -0.155. The van der Waals surface area contributed by atoms with Crippen LogP contribution in [0.4, 0.5) is 4.79 Å². The van der Waals surface area contributed by atoms with Crippen molar-refractivity contribution in [2.24, 2.45) is 11.3 Å². The Hall–Kier alpha value is -3.15. The number of aromatic nitrogens is 3. The van der Waals surface area contributed by atoms with Crippen LogP contribution in [0, 0.1) is 11.3 Å². The maximum absolute atomic E-state index is 14.7. The third-order valence-corrected chi connectivity index (χ3v) is 15.0. The fourth-order valence-corrected chi connectivity index (χ4v) is 11.5. The number of aryl methyl sites for hydroxylation is 1. The van der Waals surface area contributed by atoms with Gasteiger partial charge in [0.15, 0.2) is 0 Å². The maximum atomic E-state index is 14.7. The Balaban J connectivity index is 0.00000259. The number of amides is 4. The van der Waals surface area contributed by atoms with Gasteiger partial charge in [0, 0.05) is 85.8 Å². The van der Waals surface area contributed by atoms with E-state index in [0.717, 1.165) is 77.0 Å². The zero-order valence-corrected chi connectivity index (χ0v) is 47.9. The summed E-state index contributed by atoms with van der Waals surface area (Å²) in [7, 11) is 5.49. The first-order chi connectivity index (χ1) is 31.0. The van der Waals surface area contributed by atoms with E-state index in [0.29, 0.717) is 43.9 Å². The number of thiazole rings is 1. The molecule has 4 aromatic rings. The van der Waals surface area contributed by atoms with Crippen LogP contribution < -0.4 is 10.7 Å². The van der Waals surface area contributed by atoms with Crippen molar-refractivity contribution >= 4 is 114 Å². The van der Waals surface area contributed by atoms with Crippen LogP contribution in [0.5, 0.6) is 0 Å². The molecule has 2 N–H and O–H groups in total. The van der Waals surface area contributed by atoms with Crippen molar-refractivity contribution < 1.29 is 28.7 Å². The van der Waals surface area contributed by atoms with E-state index in [1.165, 1.54) is 16.3 Å². The van der Waals surface area contributed by atoms with Gasteiger partial charge in [-0.2, -0.15) is 67.5 Å². The van der Waals surface area contributed by atoms with Crippen LogP contribution in [0.3, 0.4) is 0 Å². The highest BCUT2D eigenvalue weighted by Crippen LogP contribution is 2.43. The molecule has 0 unspecified atom stereocenters. The van der Waals surface area contributed by atoms with Gasteiger partial charge in [-0.15, -0.1) is 11.3 Å². The van der Waals surface area contributed by atoms with E-state index < -0.39 is 35.4 Å². The molecule has 7 heterocycles. The van der Waals surface area contributed by atoms with E-state index in [2.05, 4.69) is 72.3 Å². The lowest BCUT2D eigenvalue weighted by Gasteiger charge is -2.57. The Morgan fingerprint density at radius 1 is 1.04 bits per heavy atom. The van der Waals surface area contributed by atoms with Gasteiger partial charge in [0.2, 0.25) is 5.91 Å². The maximum Gasteiger partial charge on any atom is 0.324 e. The molecule has 21 heteroatoms. The molecule has 15 nitrogen and oxygen atoms in total. The molecule has 1 spiro atoms. The van der Waals surface area contributed by atoms with E-state index in [9.17, 15) is 19.2 Å². The van der Waals surface area contributed by atoms with Crippen molar-refractivity contribution in [3.8, 4) is 22.5 Å². The standard InChI is InChI=1S/C49H67N9O6S.5H2S/c1-10-56-39-17-16-32-24-34(39)35(43(56)33-14-11-20-50-41(33)31(4)63-9)26-48(5,6)29-64-46(61)36-15-12-22-58(53-36)45(60)37(25-40-51-38(32)27-65-40)52-44(59)42(30(2)3)55(8)47(62)57-23-19-49(57)18-13-21-54(7)28-49;;;;;/h11,14,16-17,20,24,27,30-31,36-37,42,53H,10,12-13,15,18-19,21-23,25-26,28-29H2,1-9H3,(H,52,59);5*1H2/t31-,36-,37-,42-,49-;;;;;/m0...../s1. The first-order valence-corrected chi connectivity index (χ1v) is 24.3. The summed E-state index contributed by atoms with van der Waals surface area (Å²) in [6.07, 6.45) is 6.23. The first kappa shape index (κ1) is 61.2. The third kappa shape index (κ3) is 12.3. The number of likely N-dealkylation sites (N-methyl/N-ethyl adjacent to an activating group) is 2. The molecule has 3 fully saturated rings. The van der Waals surface area contributed by atoms with Gasteiger partial charge in [0.05, 0.1) is 40.3 Å². The van der Waals surface area contributed by atoms with Crippen LogP contribution in [-0.4, -0.2) is 136 Å². The summed E-state index contributed by atoms with van der Waals surface area (Å²) < 4.78 is 14.3. The second-order valence-corrected chi connectivity index (χ2v) is 20.8. The van der Waals surface area contributed by atoms with Gasteiger partial charge in [-0.25, -0.2) is 15.2 Å². The number of hydrogen-bond acceptors (Lipinski definition) is 11. The van der Waals surface area contributed by atoms with Gasteiger partial charge in [0.25, 0.3) is 5.91 Å². The van der Waals surface area contributed by atoms with Crippen molar-refractivity contribution in [1.29, 1.82) is 0 Å². The summed E-state index contributed by atoms with van der Waals surface area (Å²) in [5.74, 6) is -1.47. The van der Waals surface area contributed by atoms with Crippen molar-refractivity contribution in [1.82, 2.24) is 45.0 Å². The number of ether oxygens (including phenoxy) is 2. The normalized spacial score (nSPS) is 22.1. The van der Waals surface area contributed by atoms with Crippen molar-refractivity contribution in [3.05, 3.63) is 58.2 Å². The highest BCUT2D eigenvalue weighted by molar-refractivity contribution is 7.60. The Morgan fingerprint density at radius 2 is 1.79 bits per heavy atom. The molecule has 3 saturated heterocycles. The minimum atomic E-state index is -1.04. The fraction of sp³-hybridized carbons (Fsp3) is 0.592. The van der Waals surface area contributed by atoms with Crippen LogP contribution >= 0.6 is 78.8 Å². The van der Waals surface area contributed by atoms with Gasteiger partial charge in [-0.3, -0.25) is 24.4 Å². The number of hydrazine groups is 1. The summed E-state index contributed by atoms with van der Waals surface area (Å²) in [4.78, 5) is 73.1. The zero-order chi connectivity index (χ0) is 46.4. The molecule has 0 radical (unpaired) electrons. The zero-order valence-electron chi connectivity index (χ0n) is 42.1. The summed E-state index contributed by atoms with van der Waals surface area (Å²) in [5.41, 5.74) is 9.22. The van der Waals surface area contributed by atoms with Crippen molar-refractivity contribution in [2.75, 3.05) is 54.0 Å². The number of nitrogens with zero attached hydrogens (tertiary/aromatic N) is 7. The quantitative estimate of drug-likeness (QED) is 0.176. The average Bonchev–Trinajstić information content (AvgIpc) is 3.88. The van der Waals surface area contributed by atoms with Crippen LogP contribution in [-0.2, 0) is 43.2 Å². The minimum Gasteiger partial charge on any atom is -0.464 e. The SMILES string of the molecule is CCn1c(-c2cccnc2[C@H](C)OC)c2c3cc(ccc31)-c1csc(n1)C[C@H](NC(=O)[C@H](C(C)C)N(C)C(=O)N1CC[C@]13CCCN(C)C3)C(=O)N1CCC[C@H](N1)C(=O)OCC(C)(C)C2.S.S.S.S.S. The molecule has 6 bridgehead atoms. The summed E-state index contributed by atoms with van der Waals surface area (Å²) in [5, 5.41) is 8.29. The van der Waals surface area contributed by atoms with Crippen LogP contribution in [0.15, 0.2) is 41.9 Å². The number of carbonyl (C=O) groups is 4. The number of nitrogens with one attached hydrogen (secondary N) is 2. The minimum absolute atomic E-state index is 0. The number of methoxy groups -OCH3 is 1. The second kappa shape index (κ2) is 25.2. The van der Waals surface area contributed by atoms with Gasteiger partial charge >= 0.3 is 12.0 Å². The number of urea groups is 1. The van der Waals surface area contributed by atoms with E-state index in [1.807, 2.05) is 37.1 Å². The molecule has 70 heavy (non-hydrogen) atoms. The Labute approximate surface area is 453 Å². The number of cyclic esters (lactones) is 1. The lowest BCUT2D eigenvalue weighted by atomic mass is 9.78. The summed E-state index contributed by atoms with van der Waals surface area (Å²) in [6.45, 7) is 15.9. The largest absolute Gasteiger partial charge is 0.464 e. The molecule has 1 aromatic carbocycles. The Bertz CT molecular complexity index is 2450. The number of esters is 1. The van der Waals surface area contributed by atoms with Gasteiger partial charge in [-0.05, 0) is 102 Å². The number of benzene rings is 1. The number of rotatable bonds is 8. The second-order valence-electron chi connectivity index (χ2n) is 19.8. The third-order valence-electron chi connectivity index (χ3n) is 14.1. The fourth-order valence-electron chi connectivity index (χ4n) is 10.7. The number of hydrogen-bond donors (Lipinski definition) is 2. The highest BCUT2D eigenvalue weighted by Gasteiger charge is 2.51. The molecule has 0 saturated carbocycles. The monoisotopic (exact) mass is 1080 g/mol. The molecule has 3 aromatic heterocycles. The van der Waals surface area contributed by atoms with E-state index in [4.69, 9.17) is 19.4 Å². The molecular weight excluding hydrogens is 1000 g/mol. The molecule has 0 aliphatic carbocycles. The van der Waals surface area contributed by atoms with Crippen LogP contribution in [0.25, 0.3) is 33.4 Å². The van der Waals surface area contributed by atoms with Crippen molar-refractivity contribution in [2.45, 2.75) is 123 Å². The molecule has 4 aliphatic heterocycles. The molecule has 390 valence electrons. The lowest BCUT2D eigenvalue weighted by Crippen LogP contribution is -2.71. The van der Waals surface area contributed by atoms with Crippen LogP contribution in [0.2, 0.25) is 0 Å². The number of carbonyl (C=O) groups excluding carboxylic acids is 4. The van der Waals surface area contributed by atoms with Gasteiger partial charge < -0.3 is 34.1 Å². The van der Waals surface area contributed by atoms with E-state index >= 15 is 0 Å². The predicted molar refractivity (Wildman–Crippen MR) is 304 cm³/mol. The Morgan fingerprint density at radius 3 is 2.44 bits per heavy atom. The molecule has 8 rings (SSSR count). The molecule has 4 amide bonds. The first-order valence-electron chi connectivity index (χ1n) is 23.4. The van der Waals surface area contributed by atoms with E-state index in [1.54, 1.807) is 25.3 Å². The highest BCUT2D eigenvalue weighted by atomic mass is 32.1. The number of likely N-dealkylation sites (tertiary alicyclic amines) is 2. The number of pyridine rings is 1. The Kier molecular flexibility index (Phi) is 22.0. The van der Waals surface area contributed by atoms with Gasteiger partial charge in [-0.1, -0.05) is 33.8 Å². The topological polar surface area (TPSA) is 154 Å². The molecule has 5 atom stereocenters. The van der Waals surface area contributed by atoms with Gasteiger partial charge in [0.1, 0.15) is 18.1 Å². The smallest absolute Gasteiger partial charge is 0.324 e. The number of piperidine rings is 1. The summed E-state index contributed by atoms with van der Waals surface area (Å²) in [6, 6.07) is 7.69. The summed E-state index contributed by atoms with van der Waals surface area (Å²) >= 11 is 1.44. The van der Waals surface area contributed by atoms with Crippen molar-refractivity contribution in [3.63, 3.8) is 0 Å². The van der Waals surface area contributed by atoms with Crippen LogP contribution in [0.1, 0.15) is 96.0 Å². The number of fused-ring (bicyclic) bond motifs is 6. The molecular formula is C49H77N9O6S6. The predicted octanol–water partition coefficient (Wildman–Crippen LogP) is 7.01.